The highest BCUT2D eigenvalue weighted by molar-refractivity contribution is 5.72. The number of rotatable bonds is 7. The van der Waals surface area contributed by atoms with Crippen LogP contribution in [0.3, 0.4) is 0 Å². The smallest absolute Gasteiger partial charge is 0.368 e. The molecule has 0 fully saturated rings. The highest BCUT2D eigenvalue weighted by Crippen LogP contribution is 2.34. The summed E-state index contributed by atoms with van der Waals surface area (Å²) < 4.78 is 19.4. The SMILES string of the molecule is COc1ccc(-c2ccc(OCc3c(C)cccc3-n3nnn(C)c3=O)cc2OC)cc1. The predicted molar refractivity (Wildman–Crippen MR) is 121 cm³/mol. The lowest BCUT2D eigenvalue weighted by Crippen LogP contribution is -2.23. The van der Waals surface area contributed by atoms with Crippen molar-refractivity contribution in [2.75, 3.05) is 14.2 Å². The Hall–Kier alpha value is -4.07. The number of nitrogens with zero attached hydrogens (tertiary/aromatic N) is 4. The summed E-state index contributed by atoms with van der Waals surface area (Å²) in [5.74, 6) is 2.14. The van der Waals surface area contributed by atoms with Gasteiger partial charge in [-0.05, 0) is 58.8 Å². The molecule has 1 aromatic heterocycles. The van der Waals surface area contributed by atoms with Crippen molar-refractivity contribution in [3.63, 3.8) is 0 Å². The van der Waals surface area contributed by atoms with Crippen LogP contribution in [0.2, 0.25) is 0 Å². The maximum absolute atomic E-state index is 12.3. The Bertz CT molecular complexity index is 1290. The standard InChI is InChI=1S/C24H24N4O4/c1-16-6-5-7-22(28-24(29)27(2)25-26-28)21(16)15-32-19-12-13-20(23(14-19)31-4)17-8-10-18(30-3)11-9-17/h5-14H,15H2,1-4H3. The van der Waals surface area contributed by atoms with Crippen molar-refractivity contribution < 1.29 is 14.2 Å². The molecule has 0 bridgehead atoms. The first-order valence-electron chi connectivity index (χ1n) is 10.0. The van der Waals surface area contributed by atoms with Gasteiger partial charge in [0.2, 0.25) is 0 Å². The molecule has 0 aliphatic rings. The normalized spacial score (nSPS) is 10.8. The number of aryl methyl sites for hydroxylation is 2. The van der Waals surface area contributed by atoms with E-state index in [0.717, 1.165) is 28.0 Å². The van der Waals surface area contributed by atoms with Crippen LogP contribution in [0.5, 0.6) is 17.2 Å². The monoisotopic (exact) mass is 432 g/mol. The molecular formula is C24H24N4O4. The molecule has 0 radical (unpaired) electrons. The zero-order valence-electron chi connectivity index (χ0n) is 18.4. The van der Waals surface area contributed by atoms with Crippen molar-refractivity contribution in [2.45, 2.75) is 13.5 Å². The van der Waals surface area contributed by atoms with E-state index in [9.17, 15) is 4.79 Å². The summed E-state index contributed by atoms with van der Waals surface area (Å²) in [6.45, 7) is 2.23. The fraction of sp³-hybridized carbons (Fsp3) is 0.208. The second-order valence-electron chi connectivity index (χ2n) is 7.25. The van der Waals surface area contributed by atoms with Crippen LogP contribution in [0, 0.1) is 6.92 Å². The molecule has 0 unspecified atom stereocenters. The van der Waals surface area contributed by atoms with Crippen molar-refractivity contribution in [3.05, 3.63) is 82.3 Å². The largest absolute Gasteiger partial charge is 0.497 e. The van der Waals surface area contributed by atoms with Crippen molar-refractivity contribution in [3.8, 4) is 34.1 Å². The molecule has 0 aliphatic carbocycles. The topological polar surface area (TPSA) is 80.4 Å². The van der Waals surface area contributed by atoms with Gasteiger partial charge in [-0.15, -0.1) is 0 Å². The van der Waals surface area contributed by atoms with Crippen LogP contribution in [0.25, 0.3) is 16.8 Å². The first kappa shape index (κ1) is 21.2. The average Bonchev–Trinajstić information content (AvgIpc) is 3.16. The third-order valence-electron chi connectivity index (χ3n) is 5.29. The van der Waals surface area contributed by atoms with Crippen LogP contribution in [0.15, 0.2) is 65.5 Å². The van der Waals surface area contributed by atoms with Gasteiger partial charge in [-0.1, -0.05) is 24.3 Å². The Balaban J connectivity index is 1.61. The van der Waals surface area contributed by atoms with E-state index in [0.29, 0.717) is 17.2 Å². The Labute approximate surface area is 185 Å². The number of ether oxygens (including phenoxy) is 3. The lowest BCUT2D eigenvalue weighted by molar-refractivity contribution is 0.302. The Morgan fingerprint density at radius 1 is 0.906 bits per heavy atom. The van der Waals surface area contributed by atoms with E-state index in [-0.39, 0.29) is 12.3 Å². The van der Waals surface area contributed by atoms with Gasteiger partial charge in [-0.3, -0.25) is 0 Å². The Morgan fingerprint density at radius 2 is 1.66 bits per heavy atom. The summed E-state index contributed by atoms with van der Waals surface area (Å²) in [5.41, 5.74) is 4.13. The first-order chi connectivity index (χ1) is 15.5. The van der Waals surface area contributed by atoms with Gasteiger partial charge in [0, 0.05) is 24.2 Å². The van der Waals surface area contributed by atoms with E-state index in [1.165, 1.54) is 9.36 Å². The summed E-state index contributed by atoms with van der Waals surface area (Å²) in [6, 6.07) is 19.2. The van der Waals surface area contributed by atoms with E-state index >= 15 is 0 Å². The molecule has 3 aromatic carbocycles. The molecule has 4 rings (SSSR count). The Morgan fingerprint density at radius 3 is 2.31 bits per heavy atom. The van der Waals surface area contributed by atoms with Gasteiger partial charge in [0.15, 0.2) is 0 Å². The van der Waals surface area contributed by atoms with Crippen LogP contribution in [0.1, 0.15) is 11.1 Å². The second-order valence-corrected chi connectivity index (χ2v) is 7.25. The summed E-state index contributed by atoms with van der Waals surface area (Å²) in [5, 5.41) is 7.77. The highest BCUT2D eigenvalue weighted by Gasteiger charge is 2.14. The molecule has 0 saturated heterocycles. The average molecular weight is 432 g/mol. The molecule has 4 aromatic rings. The number of aromatic nitrogens is 4. The van der Waals surface area contributed by atoms with Crippen molar-refractivity contribution in [1.29, 1.82) is 0 Å². The molecule has 32 heavy (non-hydrogen) atoms. The number of methoxy groups -OCH3 is 2. The van der Waals surface area contributed by atoms with Gasteiger partial charge in [0.25, 0.3) is 0 Å². The maximum Gasteiger partial charge on any atom is 0.368 e. The number of hydrogen-bond donors (Lipinski definition) is 0. The van der Waals surface area contributed by atoms with Gasteiger partial charge < -0.3 is 14.2 Å². The van der Waals surface area contributed by atoms with Gasteiger partial charge in [0.05, 0.1) is 19.9 Å². The molecule has 0 atom stereocenters. The lowest BCUT2D eigenvalue weighted by Gasteiger charge is -2.15. The van der Waals surface area contributed by atoms with Crippen molar-refractivity contribution in [1.82, 2.24) is 19.8 Å². The fourth-order valence-electron chi connectivity index (χ4n) is 3.46. The lowest BCUT2D eigenvalue weighted by atomic mass is 10.0. The fourth-order valence-corrected chi connectivity index (χ4v) is 3.46. The van der Waals surface area contributed by atoms with E-state index in [1.807, 2.05) is 67.6 Å². The molecule has 0 spiro atoms. The summed E-state index contributed by atoms with van der Waals surface area (Å²) >= 11 is 0. The molecular weight excluding hydrogens is 408 g/mol. The third kappa shape index (κ3) is 4.07. The minimum Gasteiger partial charge on any atom is -0.497 e. The predicted octanol–water partition coefficient (Wildman–Crippen LogP) is 3.54. The van der Waals surface area contributed by atoms with Crippen LogP contribution in [-0.2, 0) is 13.7 Å². The second kappa shape index (κ2) is 8.97. The van der Waals surface area contributed by atoms with E-state index in [1.54, 1.807) is 21.3 Å². The van der Waals surface area contributed by atoms with Crippen molar-refractivity contribution in [2.24, 2.45) is 7.05 Å². The molecule has 0 N–H and O–H groups in total. The van der Waals surface area contributed by atoms with Crippen LogP contribution in [0.4, 0.5) is 0 Å². The van der Waals surface area contributed by atoms with E-state index in [4.69, 9.17) is 14.2 Å². The van der Waals surface area contributed by atoms with Gasteiger partial charge in [-0.2, -0.15) is 9.36 Å². The molecule has 8 heteroatoms. The van der Waals surface area contributed by atoms with E-state index < -0.39 is 0 Å². The molecule has 8 nitrogen and oxygen atoms in total. The van der Waals surface area contributed by atoms with Gasteiger partial charge >= 0.3 is 5.69 Å². The number of tetrazole rings is 1. The van der Waals surface area contributed by atoms with E-state index in [2.05, 4.69) is 10.4 Å². The molecule has 0 amide bonds. The molecule has 1 heterocycles. The minimum absolute atomic E-state index is 0.260. The zero-order valence-corrected chi connectivity index (χ0v) is 18.4. The summed E-state index contributed by atoms with van der Waals surface area (Å²) in [6.07, 6.45) is 0. The van der Waals surface area contributed by atoms with Crippen LogP contribution >= 0.6 is 0 Å². The first-order valence-corrected chi connectivity index (χ1v) is 10.0. The maximum atomic E-state index is 12.3. The molecule has 0 aliphatic heterocycles. The summed E-state index contributed by atoms with van der Waals surface area (Å²) in [4.78, 5) is 12.3. The van der Waals surface area contributed by atoms with Crippen LogP contribution < -0.4 is 19.9 Å². The van der Waals surface area contributed by atoms with Gasteiger partial charge in [0.1, 0.15) is 23.9 Å². The van der Waals surface area contributed by atoms with Gasteiger partial charge in [-0.25, -0.2) is 4.79 Å². The number of hydrogen-bond acceptors (Lipinski definition) is 6. The quantitative estimate of drug-likeness (QED) is 0.444. The minimum atomic E-state index is -0.317. The highest BCUT2D eigenvalue weighted by atomic mass is 16.5. The number of benzene rings is 3. The summed E-state index contributed by atoms with van der Waals surface area (Å²) in [7, 11) is 4.84. The Kier molecular flexibility index (Phi) is 5.93. The van der Waals surface area contributed by atoms with Crippen LogP contribution in [-0.4, -0.2) is 34.0 Å². The molecule has 164 valence electrons. The molecule has 0 saturated carbocycles. The third-order valence-corrected chi connectivity index (χ3v) is 5.29. The zero-order chi connectivity index (χ0) is 22.7. The van der Waals surface area contributed by atoms with Crippen molar-refractivity contribution >= 4 is 0 Å².